The standard InChI is InChI=1S/C19H21N5O4S/c20-13-2-1-3-15(12-13)29(27,28)24(14-6-10-23(11-7-14)19(25)26)17-5-9-22-18-16(17)4-8-21-18/h1-5,8-9,12,14H,6-7,10-11,20H2,(H,21,22)(H,25,26). The van der Waals surface area contributed by atoms with Crippen LogP contribution in [-0.2, 0) is 10.0 Å². The molecular weight excluding hydrogens is 394 g/mol. The van der Waals surface area contributed by atoms with E-state index in [9.17, 15) is 18.3 Å². The first-order valence-electron chi connectivity index (χ1n) is 9.18. The zero-order valence-corrected chi connectivity index (χ0v) is 16.3. The molecule has 2 aromatic heterocycles. The number of fused-ring (bicyclic) bond motifs is 1. The van der Waals surface area contributed by atoms with Crippen LogP contribution in [0.4, 0.5) is 16.2 Å². The van der Waals surface area contributed by atoms with E-state index < -0.39 is 22.2 Å². The average Bonchev–Trinajstić information content (AvgIpc) is 3.18. The number of rotatable bonds is 4. The van der Waals surface area contributed by atoms with E-state index in [2.05, 4.69) is 9.97 Å². The summed E-state index contributed by atoms with van der Waals surface area (Å²) >= 11 is 0. The Morgan fingerprint density at radius 2 is 2.00 bits per heavy atom. The van der Waals surface area contributed by atoms with E-state index in [1.54, 1.807) is 36.7 Å². The fraction of sp³-hybridized carbons (Fsp3) is 0.263. The van der Waals surface area contributed by atoms with Crippen molar-refractivity contribution in [3.8, 4) is 0 Å². The Balaban J connectivity index is 1.82. The molecule has 1 aromatic carbocycles. The van der Waals surface area contributed by atoms with Crippen molar-refractivity contribution in [3.63, 3.8) is 0 Å². The maximum Gasteiger partial charge on any atom is 0.407 e. The van der Waals surface area contributed by atoms with Crippen LogP contribution in [0.1, 0.15) is 12.8 Å². The van der Waals surface area contributed by atoms with E-state index in [4.69, 9.17) is 5.73 Å². The lowest BCUT2D eigenvalue weighted by atomic mass is 10.0. The van der Waals surface area contributed by atoms with Crippen molar-refractivity contribution >= 4 is 38.5 Å². The van der Waals surface area contributed by atoms with Gasteiger partial charge in [0.05, 0.1) is 10.6 Å². The zero-order valence-electron chi connectivity index (χ0n) is 15.5. The number of amides is 1. The van der Waals surface area contributed by atoms with E-state index >= 15 is 0 Å². The Hall–Kier alpha value is -3.27. The van der Waals surface area contributed by atoms with Gasteiger partial charge in [-0.3, -0.25) is 4.31 Å². The highest BCUT2D eigenvalue weighted by atomic mass is 32.2. The normalized spacial score (nSPS) is 15.5. The van der Waals surface area contributed by atoms with E-state index in [1.807, 2.05) is 0 Å². The summed E-state index contributed by atoms with van der Waals surface area (Å²) in [4.78, 5) is 19.9. The summed E-state index contributed by atoms with van der Waals surface area (Å²) < 4.78 is 28.8. The molecule has 3 heterocycles. The lowest BCUT2D eigenvalue weighted by Gasteiger charge is -2.38. The second-order valence-corrected chi connectivity index (χ2v) is 8.76. The summed E-state index contributed by atoms with van der Waals surface area (Å²) in [6, 6.07) is 9.25. The van der Waals surface area contributed by atoms with Gasteiger partial charge in [-0.25, -0.2) is 18.2 Å². The molecule has 1 aliphatic heterocycles. The number of anilines is 2. The fourth-order valence-electron chi connectivity index (χ4n) is 3.74. The van der Waals surface area contributed by atoms with Crippen molar-refractivity contribution < 1.29 is 18.3 Å². The molecule has 9 nitrogen and oxygen atoms in total. The minimum Gasteiger partial charge on any atom is -0.465 e. The predicted octanol–water partition coefficient (Wildman–Crippen LogP) is 2.48. The first-order chi connectivity index (χ1) is 13.9. The Morgan fingerprint density at radius 3 is 2.69 bits per heavy atom. The van der Waals surface area contributed by atoms with Crippen LogP contribution in [0.25, 0.3) is 11.0 Å². The minimum atomic E-state index is -3.94. The molecule has 1 saturated heterocycles. The van der Waals surface area contributed by atoms with Crippen LogP contribution in [0.15, 0.2) is 53.7 Å². The topological polar surface area (TPSA) is 133 Å². The highest BCUT2D eigenvalue weighted by Crippen LogP contribution is 2.35. The molecule has 0 aliphatic carbocycles. The molecule has 0 atom stereocenters. The Kier molecular flexibility index (Phi) is 4.79. The number of likely N-dealkylation sites (tertiary alicyclic amines) is 1. The highest BCUT2D eigenvalue weighted by molar-refractivity contribution is 7.92. The third-order valence-corrected chi connectivity index (χ3v) is 7.02. The Labute approximate surface area is 167 Å². The van der Waals surface area contributed by atoms with E-state index in [0.717, 1.165) is 0 Å². The lowest BCUT2D eigenvalue weighted by molar-refractivity contribution is 0.133. The minimum absolute atomic E-state index is 0.0960. The van der Waals surface area contributed by atoms with Gasteiger partial charge in [0.25, 0.3) is 10.0 Å². The number of aromatic amines is 1. The average molecular weight is 415 g/mol. The molecule has 0 spiro atoms. The zero-order chi connectivity index (χ0) is 20.6. The van der Waals surface area contributed by atoms with Gasteiger partial charge in [0.15, 0.2) is 0 Å². The summed E-state index contributed by atoms with van der Waals surface area (Å²) in [5.74, 6) is 0. The predicted molar refractivity (Wildman–Crippen MR) is 109 cm³/mol. The second kappa shape index (κ2) is 7.28. The van der Waals surface area contributed by atoms with Crippen LogP contribution in [-0.4, -0.2) is 53.6 Å². The molecule has 0 saturated carbocycles. The molecule has 4 rings (SSSR count). The molecule has 1 amide bonds. The van der Waals surface area contributed by atoms with E-state index in [-0.39, 0.29) is 18.0 Å². The highest BCUT2D eigenvalue weighted by Gasteiger charge is 2.36. The molecular formula is C19H21N5O4S. The number of hydrogen-bond acceptors (Lipinski definition) is 5. The number of nitrogens with two attached hydrogens (primary N) is 1. The molecule has 4 N–H and O–H groups in total. The first kappa shape index (κ1) is 19.1. The maximum absolute atomic E-state index is 13.7. The van der Waals surface area contributed by atoms with Crippen molar-refractivity contribution in [1.82, 2.24) is 14.9 Å². The first-order valence-corrected chi connectivity index (χ1v) is 10.6. The second-order valence-electron chi connectivity index (χ2n) is 6.94. The molecule has 1 fully saturated rings. The third kappa shape index (κ3) is 3.46. The smallest absolute Gasteiger partial charge is 0.407 e. The van der Waals surface area contributed by atoms with Crippen LogP contribution in [0.2, 0.25) is 0 Å². The fourth-order valence-corrected chi connectivity index (χ4v) is 5.53. The molecule has 3 aromatic rings. The molecule has 0 radical (unpaired) electrons. The van der Waals surface area contributed by atoms with E-state index in [1.165, 1.54) is 21.3 Å². The van der Waals surface area contributed by atoms with Crippen molar-refractivity contribution in [1.29, 1.82) is 0 Å². The monoisotopic (exact) mass is 415 g/mol. The summed E-state index contributed by atoms with van der Waals surface area (Å²) in [7, 11) is -3.94. The number of benzene rings is 1. The van der Waals surface area contributed by atoms with Gasteiger partial charge in [-0.05, 0) is 43.2 Å². The van der Waals surface area contributed by atoms with Gasteiger partial charge in [-0.1, -0.05) is 6.07 Å². The van der Waals surface area contributed by atoms with Crippen LogP contribution in [0.3, 0.4) is 0 Å². The molecule has 1 aliphatic rings. The van der Waals surface area contributed by atoms with Gasteiger partial charge in [0.1, 0.15) is 5.65 Å². The number of carbonyl (C=O) groups is 1. The number of carboxylic acid groups (broad SMARTS) is 1. The van der Waals surface area contributed by atoms with Crippen molar-refractivity contribution in [3.05, 3.63) is 48.8 Å². The number of nitrogen functional groups attached to an aromatic ring is 1. The van der Waals surface area contributed by atoms with Gasteiger partial charge < -0.3 is 20.7 Å². The number of aromatic nitrogens is 2. The molecule has 10 heteroatoms. The number of piperidine rings is 1. The summed E-state index contributed by atoms with van der Waals surface area (Å²) in [5.41, 5.74) is 7.27. The molecule has 152 valence electrons. The largest absolute Gasteiger partial charge is 0.465 e. The molecule has 29 heavy (non-hydrogen) atoms. The summed E-state index contributed by atoms with van der Waals surface area (Å²) in [6.07, 6.45) is 3.05. The van der Waals surface area contributed by atoms with Crippen molar-refractivity contribution in [2.45, 2.75) is 23.8 Å². The Bertz CT molecular complexity index is 1150. The lowest BCUT2D eigenvalue weighted by Crippen LogP contribution is -2.48. The number of pyridine rings is 1. The maximum atomic E-state index is 13.7. The number of nitrogens with zero attached hydrogens (tertiary/aromatic N) is 3. The van der Waals surface area contributed by atoms with Gasteiger partial charge in [0, 0.05) is 42.6 Å². The van der Waals surface area contributed by atoms with Crippen molar-refractivity contribution in [2.75, 3.05) is 23.1 Å². The number of sulfonamides is 1. The van der Waals surface area contributed by atoms with Crippen LogP contribution < -0.4 is 10.0 Å². The molecule has 0 unspecified atom stereocenters. The quantitative estimate of drug-likeness (QED) is 0.561. The van der Waals surface area contributed by atoms with E-state index in [0.29, 0.717) is 35.2 Å². The Morgan fingerprint density at radius 1 is 1.24 bits per heavy atom. The number of hydrogen-bond donors (Lipinski definition) is 3. The van der Waals surface area contributed by atoms with Crippen LogP contribution in [0, 0.1) is 0 Å². The molecule has 0 bridgehead atoms. The van der Waals surface area contributed by atoms with Gasteiger partial charge in [-0.2, -0.15) is 0 Å². The number of H-pyrrole nitrogens is 1. The summed E-state index contributed by atoms with van der Waals surface area (Å²) in [6.45, 7) is 0.536. The SMILES string of the molecule is Nc1cccc(S(=O)(=O)N(c2ccnc3[nH]ccc23)C2CCN(C(=O)O)CC2)c1. The van der Waals surface area contributed by atoms with Crippen LogP contribution in [0.5, 0.6) is 0 Å². The van der Waals surface area contributed by atoms with Crippen LogP contribution >= 0.6 is 0 Å². The van der Waals surface area contributed by atoms with Gasteiger partial charge in [-0.15, -0.1) is 0 Å². The number of nitrogens with one attached hydrogen (secondary N) is 1. The van der Waals surface area contributed by atoms with Crippen molar-refractivity contribution in [2.24, 2.45) is 0 Å². The third-order valence-electron chi connectivity index (χ3n) is 5.16. The van der Waals surface area contributed by atoms with Gasteiger partial charge >= 0.3 is 6.09 Å². The van der Waals surface area contributed by atoms with Gasteiger partial charge in [0.2, 0.25) is 0 Å². The summed E-state index contributed by atoms with van der Waals surface area (Å²) in [5, 5.41) is 9.91.